The lowest BCUT2D eigenvalue weighted by molar-refractivity contribution is 0.0949. The van der Waals surface area contributed by atoms with Crippen LogP contribution in [0.5, 0.6) is 0 Å². The zero-order valence-corrected chi connectivity index (χ0v) is 5.31. The summed E-state index contributed by atoms with van der Waals surface area (Å²) in [6.45, 7) is 0. The minimum absolute atomic E-state index is 0.351. The SMILES string of the molecule is NNC(=O)c1cscn1. The molecule has 5 heteroatoms. The fourth-order valence-electron chi connectivity index (χ4n) is 0.399. The Balaban J connectivity index is 2.77. The summed E-state index contributed by atoms with van der Waals surface area (Å²) in [7, 11) is 0. The summed E-state index contributed by atoms with van der Waals surface area (Å²) < 4.78 is 0. The van der Waals surface area contributed by atoms with Gasteiger partial charge in [-0.05, 0) is 0 Å². The van der Waals surface area contributed by atoms with Gasteiger partial charge in [-0.15, -0.1) is 11.3 Å². The summed E-state index contributed by atoms with van der Waals surface area (Å²) in [6.07, 6.45) is 0. The van der Waals surface area contributed by atoms with Crippen LogP contribution in [0.3, 0.4) is 0 Å². The molecule has 1 aromatic rings. The van der Waals surface area contributed by atoms with E-state index in [1.165, 1.54) is 11.3 Å². The van der Waals surface area contributed by atoms with Crippen LogP contribution in [0.15, 0.2) is 10.9 Å². The normalized spacial score (nSPS) is 9.00. The standard InChI is InChI=1S/C4H5N3OS/c5-7-4(8)3-1-9-2-6-3/h1-2H,5H2,(H,7,8). The van der Waals surface area contributed by atoms with Crippen LogP contribution < -0.4 is 11.3 Å². The molecule has 4 nitrogen and oxygen atoms in total. The van der Waals surface area contributed by atoms with Crippen molar-refractivity contribution in [2.24, 2.45) is 5.84 Å². The summed E-state index contributed by atoms with van der Waals surface area (Å²) in [5.41, 5.74) is 3.91. The van der Waals surface area contributed by atoms with Crippen molar-refractivity contribution >= 4 is 17.2 Å². The maximum atomic E-state index is 10.6. The van der Waals surface area contributed by atoms with Gasteiger partial charge in [0, 0.05) is 5.38 Å². The predicted molar refractivity (Wildman–Crippen MR) is 33.8 cm³/mol. The summed E-state index contributed by atoms with van der Waals surface area (Å²) in [5.74, 6) is 4.48. The Morgan fingerprint density at radius 2 is 2.67 bits per heavy atom. The Labute approximate surface area is 55.7 Å². The van der Waals surface area contributed by atoms with Gasteiger partial charge in [0.1, 0.15) is 5.69 Å². The second-order valence-electron chi connectivity index (χ2n) is 1.35. The predicted octanol–water partition coefficient (Wildman–Crippen LogP) is -0.253. The average molecular weight is 143 g/mol. The van der Waals surface area contributed by atoms with Crippen LogP contribution in [0, 0.1) is 0 Å². The van der Waals surface area contributed by atoms with E-state index in [4.69, 9.17) is 5.84 Å². The average Bonchev–Trinajstić information content (AvgIpc) is 2.37. The van der Waals surface area contributed by atoms with Crippen LogP contribution in [0.4, 0.5) is 0 Å². The van der Waals surface area contributed by atoms with E-state index in [-0.39, 0.29) is 5.91 Å². The zero-order valence-electron chi connectivity index (χ0n) is 4.50. The van der Waals surface area contributed by atoms with E-state index in [0.717, 1.165) is 0 Å². The van der Waals surface area contributed by atoms with E-state index in [1.54, 1.807) is 10.9 Å². The molecule has 0 spiro atoms. The first kappa shape index (κ1) is 6.18. The highest BCUT2D eigenvalue weighted by molar-refractivity contribution is 7.07. The molecule has 0 bridgehead atoms. The molecule has 0 aromatic carbocycles. The number of nitrogen functional groups attached to an aromatic ring is 1. The quantitative estimate of drug-likeness (QED) is 0.323. The number of carbonyl (C=O) groups excluding carboxylic acids is 1. The molecule has 0 saturated carbocycles. The number of rotatable bonds is 1. The van der Waals surface area contributed by atoms with Crippen molar-refractivity contribution < 1.29 is 4.79 Å². The summed E-state index contributed by atoms with van der Waals surface area (Å²) >= 11 is 1.36. The molecule has 0 fully saturated rings. The van der Waals surface area contributed by atoms with Crippen molar-refractivity contribution in [2.75, 3.05) is 0 Å². The fourth-order valence-corrected chi connectivity index (χ4v) is 0.931. The van der Waals surface area contributed by atoms with Crippen molar-refractivity contribution in [3.63, 3.8) is 0 Å². The third-order valence-corrected chi connectivity index (χ3v) is 1.38. The molecule has 1 rings (SSSR count). The van der Waals surface area contributed by atoms with Gasteiger partial charge in [-0.25, -0.2) is 10.8 Å². The second-order valence-corrected chi connectivity index (χ2v) is 2.07. The monoisotopic (exact) mass is 143 g/mol. The minimum Gasteiger partial charge on any atom is -0.289 e. The molecule has 0 saturated heterocycles. The Kier molecular flexibility index (Phi) is 1.76. The number of hydrazine groups is 1. The van der Waals surface area contributed by atoms with Crippen molar-refractivity contribution in [1.82, 2.24) is 10.4 Å². The molecule has 0 aliphatic heterocycles. The van der Waals surface area contributed by atoms with Gasteiger partial charge in [0.15, 0.2) is 0 Å². The number of carbonyl (C=O) groups is 1. The van der Waals surface area contributed by atoms with Gasteiger partial charge in [-0.1, -0.05) is 0 Å². The van der Waals surface area contributed by atoms with Gasteiger partial charge < -0.3 is 0 Å². The van der Waals surface area contributed by atoms with Crippen LogP contribution in [0.1, 0.15) is 10.5 Å². The zero-order chi connectivity index (χ0) is 6.69. The number of nitrogens with zero attached hydrogens (tertiary/aromatic N) is 1. The highest BCUT2D eigenvalue weighted by atomic mass is 32.1. The van der Waals surface area contributed by atoms with E-state index in [0.29, 0.717) is 5.69 Å². The van der Waals surface area contributed by atoms with E-state index in [9.17, 15) is 4.79 Å². The van der Waals surface area contributed by atoms with Gasteiger partial charge in [0.05, 0.1) is 5.51 Å². The first-order valence-electron chi connectivity index (χ1n) is 2.23. The lowest BCUT2D eigenvalue weighted by Gasteiger charge is -1.89. The number of amides is 1. The highest BCUT2D eigenvalue weighted by Crippen LogP contribution is 1.98. The van der Waals surface area contributed by atoms with Crippen LogP contribution in [0.25, 0.3) is 0 Å². The first-order chi connectivity index (χ1) is 4.34. The minimum atomic E-state index is -0.351. The third kappa shape index (κ3) is 1.24. The van der Waals surface area contributed by atoms with Gasteiger partial charge >= 0.3 is 0 Å². The van der Waals surface area contributed by atoms with Crippen LogP contribution >= 0.6 is 11.3 Å². The maximum Gasteiger partial charge on any atom is 0.284 e. The lowest BCUT2D eigenvalue weighted by atomic mass is 10.5. The summed E-state index contributed by atoms with van der Waals surface area (Å²) in [6, 6.07) is 0. The molecule has 0 aliphatic rings. The largest absolute Gasteiger partial charge is 0.289 e. The van der Waals surface area contributed by atoms with Crippen LogP contribution in [0.2, 0.25) is 0 Å². The molecule has 1 heterocycles. The van der Waals surface area contributed by atoms with E-state index in [2.05, 4.69) is 4.98 Å². The molecule has 3 N–H and O–H groups in total. The van der Waals surface area contributed by atoms with Gasteiger partial charge in [-0.3, -0.25) is 10.2 Å². The molecule has 0 aliphatic carbocycles. The molecule has 1 aromatic heterocycles. The Hall–Kier alpha value is -0.940. The molecule has 9 heavy (non-hydrogen) atoms. The van der Waals surface area contributed by atoms with E-state index in [1.807, 2.05) is 5.43 Å². The van der Waals surface area contributed by atoms with Gasteiger partial charge in [-0.2, -0.15) is 0 Å². The fraction of sp³-hybridized carbons (Fsp3) is 0. The van der Waals surface area contributed by atoms with Crippen molar-refractivity contribution in [1.29, 1.82) is 0 Å². The number of hydrogen-bond donors (Lipinski definition) is 2. The van der Waals surface area contributed by atoms with Crippen molar-refractivity contribution in [2.45, 2.75) is 0 Å². The number of thiazole rings is 1. The van der Waals surface area contributed by atoms with Gasteiger partial charge in [0.25, 0.3) is 5.91 Å². The summed E-state index contributed by atoms with van der Waals surface area (Å²) in [4.78, 5) is 14.3. The molecular weight excluding hydrogens is 138 g/mol. The van der Waals surface area contributed by atoms with E-state index < -0.39 is 0 Å². The topological polar surface area (TPSA) is 68.0 Å². The third-order valence-electron chi connectivity index (χ3n) is 0.796. The Morgan fingerprint density at radius 1 is 1.89 bits per heavy atom. The summed E-state index contributed by atoms with van der Waals surface area (Å²) in [5, 5.41) is 1.63. The Bertz CT molecular complexity index is 196. The number of nitrogens with two attached hydrogens (primary N) is 1. The molecule has 48 valence electrons. The maximum absolute atomic E-state index is 10.6. The molecule has 1 amide bonds. The molecule has 0 unspecified atom stereocenters. The first-order valence-corrected chi connectivity index (χ1v) is 3.18. The molecule has 0 atom stereocenters. The molecule has 0 radical (unpaired) electrons. The van der Waals surface area contributed by atoms with Crippen molar-refractivity contribution in [3.05, 3.63) is 16.6 Å². The van der Waals surface area contributed by atoms with Crippen LogP contribution in [-0.4, -0.2) is 10.9 Å². The number of aromatic nitrogens is 1. The number of nitrogens with one attached hydrogen (secondary N) is 1. The lowest BCUT2D eigenvalue weighted by Crippen LogP contribution is -2.30. The van der Waals surface area contributed by atoms with Gasteiger partial charge in [0.2, 0.25) is 0 Å². The van der Waals surface area contributed by atoms with E-state index >= 15 is 0 Å². The van der Waals surface area contributed by atoms with Crippen LogP contribution in [-0.2, 0) is 0 Å². The van der Waals surface area contributed by atoms with Crippen molar-refractivity contribution in [3.8, 4) is 0 Å². The smallest absolute Gasteiger partial charge is 0.284 e. The second kappa shape index (κ2) is 2.56. The molecular formula is C4H5N3OS. The highest BCUT2D eigenvalue weighted by Gasteiger charge is 2.02. The Morgan fingerprint density at radius 3 is 3.11 bits per heavy atom. The number of hydrogen-bond acceptors (Lipinski definition) is 4.